The highest BCUT2D eigenvalue weighted by molar-refractivity contribution is 5.97. The number of carbonyl (C=O) groups is 2. The summed E-state index contributed by atoms with van der Waals surface area (Å²) in [5.41, 5.74) is 1.27. The SMILES string of the molecule is O=C(O)[C@H]1CCCN1C(=O)c1ccc(-n2cncn2)cc1. The lowest BCUT2D eigenvalue weighted by Gasteiger charge is -2.21. The van der Waals surface area contributed by atoms with Gasteiger partial charge in [-0.2, -0.15) is 5.10 Å². The maximum Gasteiger partial charge on any atom is 0.326 e. The summed E-state index contributed by atoms with van der Waals surface area (Å²) in [4.78, 5) is 28.8. The smallest absolute Gasteiger partial charge is 0.326 e. The predicted octanol–water partition coefficient (Wildman–Crippen LogP) is 0.956. The Morgan fingerprint density at radius 3 is 2.62 bits per heavy atom. The van der Waals surface area contributed by atoms with Crippen molar-refractivity contribution in [1.82, 2.24) is 19.7 Å². The summed E-state index contributed by atoms with van der Waals surface area (Å²) in [6, 6.07) is 6.15. The molecule has 3 rings (SSSR count). The zero-order chi connectivity index (χ0) is 14.8. The molecule has 0 aliphatic carbocycles. The van der Waals surface area contributed by atoms with Gasteiger partial charge in [0.25, 0.3) is 5.91 Å². The third-order valence-corrected chi connectivity index (χ3v) is 3.60. The van der Waals surface area contributed by atoms with Gasteiger partial charge in [-0.05, 0) is 37.1 Å². The molecule has 0 unspecified atom stereocenters. The van der Waals surface area contributed by atoms with Crippen molar-refractivity contribution in [2.75, 3.05) is 6.54 Å². The number of hydrogen-bond donors (Lipinski definition) is 1. The van der Waals surface area contributed by atoms with E-state index in [1.54, 1.807) is 35.3 Å². The second kappa shape index (κ2) is 5.35. The fourth-order valence-corrected chi connectivity index (χ4v) is 2.53. The van der Waals surface area contributed by atoms with E-state index in [4.69, 9.17) is 5.11 Å². The molecule has 1 atom stereocenters. The molecule has 0 spiro atoms. The first-order chi connectivity index (χ1) is 10.2. The number of aromatic nitrogens is 3. The number of nitrogens with zero attached hydrogens (tertiary/aromatic N) is 4. The van der Waals surface area contributed by atoms with Crippen LogP contribution in [0.1, 0.15) is 23.2 Å². The Bertz CT molecular complexity index is 651. The summed E-state index contributed by atoms with van der Waals surface area (Å²) < 4.78 is 1.59. The maximum absolute atomic E-state index is 12.4. The molecule has 7 heteroatoms. The molecule has 0 saturated carbocycles. The summed E-state index contributed by atoms with van der Waals surface area (Å²) >= 11 is 0. The average molecular weight is 286 g/mol. The minimum atomic E-state index is -0.944. The van der Waals surface area contributed by atoms with Crippen molar-refractivity contribution in [3.05, 3.63) is 42.5 Å². The van der Waals surface area contributed by atoms with Crippen LogP contribution in [0.25, 0.3) is 5.69 Å². The molecule has 1 aliphatic rings. The maximum atomic E-state index is 12.4. The first kappa shape index (κ1) is 13.3. The molecule has 1 aromatic carbocycles. The number of aliphatic carboxylic acids is 1. The third-order valence-electron chi connectivity index (χ3n) is 3.60. The third kappa shape index (κ3) is 2.49. The summed E-state index contributed by atoms with van der Waals surface area (Å²) in [6.07, 6.45) is 4.23. The largest absolute Gasteiger partial charge is 0.480 e. The number of rotatable bonds is 3. The highest BCUT2D eigenvalue weighted by Crippen LogP contribution is 2.20. The van der Waals surface area contributed by atoms with E-state index in [0.717, 1.165) is 12.1 Å². The van der Waals surface area contributed by atoms with Gasteiger partial charge >= 0.3 is 5.97 Å². The van der Waals surface area contributed by atoms with Crippen molar-refractivity contribution in [2.24, 2.45) is 0 Å². The van der Waals surface area contributed by atoms with Gasteiger partial charge in [0.2, 0.25) is 0 Å². The number of hydrogen-bond acceptors (Lipinski definition) is 4. The fourth-order valence-electron chi connectivity index (χ4n) is 2.53. The molecule has 1 fully saturated rings. The van der Waals surface area contributed by atoms with E-state index in [-0.39, 0.29) is 5.91 Å². The standard InChI is InChI=1S/C14H14N4O3/c19-13(17-7-1-2-12(17)14(20)21)10-3-5-11(6-4-10)18-9-15-8-16-18/h3-6,8-9,12H,1-2,7H2,(H,20,21)/t12-/m1/s1. The van der Waals surface area contributed by atoms with Crippen molar-refractivity contribution < 1.29 is 14.7 Å². The summed E-state index contributed by atoms with van der Waals surface area (Å²) in [6.45, 7) is 0.487. The number of benzene rings is 1. The molecular weight excluding hydrogens is 272 g/mol. The van der Waals surface area contributed by atoms with Crippen LogP contribution in [-0.4, -0.2) is 49.2 Å². The fraction of sp³-hybridized carbons (Fsp3) is 0.286. The second-order valence-electron chi connectivity index (χ2n) is 4.88. The van der Waals surface area contributed by atoms with Crippen molar-refractivity contribution in [1.29, 1.82) is 0 Å². The van der Waals surface area contributed by atoms with Gasteiger partial charge in [-0.3, -0.25) is 4.79 Å². The van der Waals surface area contributed by atoms with E-state index in [1.165, 1.54) is 11.2 Å². The van der Waals surface area contributed by atoms with Crippen LogP contribution in [0, 0.1) is 0 Å². The molecule has 1 aromatic heterocycles. The Hall–Kier alpha value is -2.70. The first-order valence-corrected chi connectivity index (χ1v) is 6.65. The molecule has 1 N–H and O–H groups in total. The Balaban J connectivity index is 1.80. The topological polar surface area (TPSA) is 88.3 Å². The van der Waals surface area contributed by atoms with Crippen molar-refractivity contribution >= 4 is 11.9 Å². The van der Waals surface area contributed by atoms with Crippen LogP contribution in [0.15, 0.2) is 36.9 Å². The van der Waals surface area contributed by atoms with Crippen LogP contribution >= 0.6 is 0 Å². The summed E-state index contributed by atoms with van der Waals surface area (Å²) in [5.74, 6) is -1.19. The molecule has 1 saturated heterocycles. The van der Waals surface area contributed by atoms with Gasteiger partial charge in [0.15, 0.2) is 0 Å². The zero-order valence-electron chi connectivity index (χ0n) is 11.2. The molecule has 21 heavy (non-hydrogen) atoms. The molecule has 1 aliphatic heterocycles. The van der Waals surface area contributed by atoms with Crippen LogP contribution in [0.4, 0.5) is 0 Å². The molecule has 0 bridgehead atoms. The quantitative estimate of drug-likeness (QED) is 0.907. The monoisotopic (exact) mass is 286 g/mol. The van der Waals surface area contributed by atoms with Gasteiger partial charge in [-0.25, -0.2) is 14.5 Å². The van der Waals surface area contributed by atoms with E-state index in [1.807, 2.05) is 0 Å². The van der Waals surface area contributed by atoms with Gasteiger partial charge in [0, 0.05) is 12.1 Å². The molecule has 0 radical (unpaired) electrons. The minimum absolute atomic E-state index is 0.245. The lowest BCUT2D eigenvalue weighted by molar-refractivity contribution is -0.141. The number of amides is 1. The van der Waals surface area contributed by atoms with E-state index in [9.17, 15) is 9.59 Å². The Morgan fingerprint density at radius 2 is 2.00 bits per heavy atom. The Kier molecular flexibility index (Phi) is 3.39. The van der Waals surface area contributed by atoms with Crippen LogP contribution in [0.2, 0.25) is 0 Å². The zero-order valence-corrected chi connectivity index (χ0v) is 11.2. The van der Waals surface area contributed by atoms with Gasteiger partial charge in [-0.15, -0.1) is 0 Å². The summed E-state index contributed by atoms with van der Waals surface area (Å²) in [5, 5.41) is 13.1. The van der Waals surface area contributed by atoms with Crippen molar-refractivity contribution in [3.8, 4) is 5.69 Å². The second-order valence-corrected chi connectivity index (χ2v) is 4.88. The molecule has 7 nitrogen and oxygen atoms in total. The number of carbonyl (C=O) groups excluding carboxylic acids is 1. The first-order valence-electron chi connectivity index (χ1n) is 6.65. The Labute approximate surface area is 120 Å². The lowest BCUT2D eigenvalue weighted by Crippen LogP contribution is -2.40. The molecule has 2 heterocycles. The van der Waals surface area contributed by atoms with Crippen LogP contribution in [0.3, 0.4) is 0 Å². The average Bonchev–Trinajstić information content (AvgIpc) is 3.18. The van der Waals surface area contributed by atoms with Gasteiger partial charge in [-0.1, -0.05) is 0 Å². The highest BCUT2D eigenvalue weighted by Gasteiger charge is 2.34. The van der Waals surface area contributed by atoms with E-state index < -0.39 is 12.0 Å². The Morgan fingerprint density at radius 1 is 1.24 bits per heavy atom. The van der Waals surface area contributed by atoms with Gasteiger partial charge < -0.3 is 10.0 Å². The van der Waals surface area contributed by atoms with Crippen LogP contribution in [-0.2, 0) is 4.79 Å². The van der Waals surface area contributed by atoms with Crippen LogP contribution < -0.4 is 0 Å². The van der Waals surface area contributed by atoms with Gasteiger partial charge in [0.1, 0.15) is 18.7 Å². The molecular formula is C14H14N4O3. The molecule has 2 aromatic rings. The number of carboxylic acids is 1. The number of carboxylic acid groups (broad SMARTS) is 1. The van der Waals surface area contributed by atoms with Crippen LogP contribution in [0.5, 0.6) is 0 Å². The molecule has 1 amide bonds. The predicted molar refractivity (Wildman–Crippen MR) is 73.1 cm³/mol. The van der Waals surface area contributed by atoms with Gasteiger partial charge in [0.05, 0.1) is 5.69 Å². The molecule has 108 valence electrons. The summed E-state index contributed by atoms with van der Waals surface area (Å²) in [7, 11) is 0. The number of likely N-dealkylation sites (tertiary alicyclic amines) is 1. The lowest BCUT2D eigenvalue weighted by atomic mass is 10.1. The van der Waals surface area contributed by atoms with E-state index in [0.29, 0.717) is 18.5 Å². The van der Waals surface area contributed by atoms with Crippen molar-refractivity contribution in [2.45, 2.75) is 18.9 Å². The minimum Gasteiger partial charge on any atom is -0.480 e. The van der Waals surface area contributed by atoms with E-state index >= 15 is 0 Å². The van der Waals surface area contributed by atoms with Crippen molar-refractivity contribution in [3.63, 3.8) is 0 Å². The normalized spacial score (nSPS) is 17.9. The van der Waals surface area contributed by atoms with E-state index in [2.05, 4.69) is 10.1 Å². The highest BCUT2D eigenvalue weighted by atomic mass is 16.4.